The molecule has 0 unspecified atom stereocenters. The Balaban J connectivity index is 0.000000126. The van der Waals surface area contributed by atoms with Crippen molar-refractivity contribution in [1.82, 2.24) is 0 Å². The van der Waals surface area contributed by atoms with Crippen molar-refractivity contribution in [3.8, 4) is 67.2 Å². The first-order chi connectivity index (χ1) is 44.6. The Morgan fingerprint density at radius 2 is 0.717 bits per heavy atom. The van der Waals surface area contributed by atoms with Crippen LogP contribution < -0.4 is 13.7 Å². The second kappa shape index (κ2) is 24.4. The predicted molar refractivity (Wildman–Crippen MR) is 374 cm³/mol. The van der Waals surface area contributed by atoms with Gasteiger partial charge in [-0.2, -0.15) is 0 Å². The highest BCUT2D eigenvalue weighted by Crippen LogP contribution is 2.46. The fraction of sp³-hybridized carbons (Fsp3) is 0.133. The number of rotatable bonds is 7. The maximum Gasteiger partial charge on any atom is 0.212 e. The molecule has 6 aromatic heterocycles. The summed E-state index contributed by atoms with van der Waals surface area (Å²) in [4.78, 5) is 11.3. The zero-order valence-electron chi connectivity index (χ0n) is 53.3. The predicted octanol–water partition coefficient (Wildman–Crippen LogP) is 21.6. The third kappa shape index (κ3) is 10.8. The monoisotopic (exact) mass is 1200 g/mol. The van der Waals surface area contributed by atoms with Gasteiger partial charge in [-0.1, -0.05) is 141 Å². The quantitative estimate of drug-likeness (QED) is 0.118. The topological polar surface area (TPSA) is 64.1 Å². The van der Waals surface area contributed by atoms with Gasteiger partial charge < -0.3 is 13.3 Å². The van der Waals surface area contributed by atoms with Crippen LogP contribution in [0.2, 0.25) is 0 Å². The number of aromatic nitrogens is 3. The van der Waals surface area contributed by atoms with Gasteiger partial charge in [0.05, 0.1) is 36.4 Å². The number of fused-ring (bicyclic) bond motifs is 9. The molecule has 0 amide bonds. The van der Waals surface area contributed by atoms with Gasteiger partial charge in [0.15, 0.2) is 35.7 Å². The molecule has 6 heterocycles. The molecule has 0 radical (unpaired) electrons. The van der Waals surface area contributed by atoms with Crippen molar-refractivity contribution in [3.63, 3.8) is 0 Å². The van der Waals surface area contributed by atoms with Crippen LogP contribution in [-0.4, -0.2) is 0 Å². The van der Waals surface area contributed by atoms with Crippen LogP contribution in [0.1, 0.15) is 53.1 Å². The summed E-state index contributed by atoms with van der Waals surface area (Å²) in [5.41, 5.74) is 26.5. The van der Waals surface area contributed by atoms with Crippen molar-refractivity contribution in [2.45, 2.75) is 54.4 Å². The summed E-state index contributed by atoms with van der Waals surface area (Å²) in [6.45, 7) is 38.0. The van der Waals surface area contributed by atoms with Crippen molar-refractivity contribution in [2.75, 3.05) is 0 Å². The lowest BCUT2D eigenvalue weighted by molar-refractivity contribution is -0.660. The maximum absolute atomic E-state index is 7.68. The third-order valence-electron chi connectivity index (χ3n) is 17.7. The van der Waals surface area contributed by atoms with E-state index in [1.807, 2.05) is 127 Å². The van der Waals surface area contributed by atoms with Gasteiger partial charge in [0.2, 0.25) is 17.1 Å². The Hall–Kier alpha value is -11.7. The molecule has 0 aliphatic carbocycles. The maximum atomic E-state index is 7.68. The molecule has 0 bridgehead atoms. The van der Waals surface area contributed by atoms with E-state index in [0.29, 0.717) is 23.0 Å². The van der Waals surface area contributed by atoms with Gasteiger partial charge in [0, 0.05) is 84.9 Å². The molecule has 0 aliphatic heterocycles. The van der Waals surface area contributed by atoms with Crippen LogP contribution in [0.15, 0.2) is 232 Å². The minimum Gasteiger partial charge on any atom is -0.457 e. The highest BCUT2D eigenvalue weighted by atomic mass is 16.3. The Labute approximate surface area is 536 Å². The highest BCUT2D eigenvalue weighted by molar-refractivity contribution is 6.15. The van der Waals surface area contributed by atoms with Gasteiger partial charge in [-0.15, -0.1) is 0 Å². The summed E-state index contributed by atoms with van der Waals surface area (Å²) in [5, 5.41) is 6.36. The lowest BCUT2D eigenvalue weighted by atomic mass is 9.96. The van der Waals surface area contributed by atoms with Crippen LogP contribution in [0.4, 0.5) is 17.1 Å². The Morgan fingerprint density at radius 1 is 0.348 bits per heavy atom. The second-order valence-electron chi connectivity index (χ2n) is 24.3. The number of pyridine rings is 3. The molecule has 0 N–H and O–H groups in total. The molecule has 0 aliphatic rings. The van der Waals surface area contributed by atoms with Gasteiger partial charge >= 0.3 is 0 Å². The van der Waals surface area contributed by atoms with E-state index in [4.69, 9.17) is 33.0 Å². The molecule has 9 aromatic carbocycles. The lowest BCUT2D eigenvalue weighted by Gasteiger charge is -2.09. The van der Waals surface area contributed by atoms with Crippen LogP contribution in [-0.2, 0) is 21.1 Å². The summed E-state index contributed by atoms with van der Waals surface area (Å²) in [5.74, 6) is 0.464. The molecule has 0 fully saturated rings. The number of hydrogen-bond acceptors (Lipinski definition) is 3. The fourth-order valence-corrected chi connectivity index (χ4v) is 12.9. The Morgan fingerprint density at radius 3 is 1.09 bits per heavy atom. The minimum atomic E-state index is 0.464. The van der Waals surface area contributed by atoms with Crippen molar-refractivity contribution in [1.29, 1.82) is 0 Å². The SMILES string of the molecule is [C-]#[N+]c1ccc2c(oc3cc(-c4cc(C(C)C)cc[n+]4C)c(C)cc32)c1-c1ccccc1.[C-]#[N+]c1ccc2c(oc3cc(-c4cc(C)cc[n+]4C)c(C)cc32)c1-c1ccccc1.[C-]#[N+]c1ccc2c(oc3cc(-c4ccc(C)c[n+]4C)c(C)cc32)c1-c1ccccc1. The molecule has 15 rings (SSSR count). The van der Waals surface area contributed by atoms with Crippen LogP contribution in [0.25, 0.3) is 148 Å². The van der Waals surface area contributed by atoms with Gasteiger partial charge in [-0.3, -0.25) is 0 Å². The lowest BCUT2D eigenvalue weighted by Crippen LogP contribution is -2.31. The molecule has 0 atom stereocenters. The first-order valence-corrected chi connectivity index (χ1v) is 30.8. The number of furan rings is 3. The molecule has 9 heteroatoms. The third-order valence-corrected chi connectivity index (χ3v) is 17.7. The summed E-state index contributed by atoms with van der Waals surface area (Å²) >= 11 is 0. The van der Waals surface area contributed by atoms with E-state index < -0.39 is 0 Å². The van der Waals surface area contributed by atoms with E-state index in [0.717, 1.165) is 127 Å². The van der Waals surface area contributed by atoms with E-state index in [-0.39, 0.29) is 0 Å². The average Bonchev–Trinajstić information content (AvgIpc) is 1.61. The van der Waals surface area contributed by atoms with Gasteiger partial charge in [0.25, 0.3) is 0 Å². The zero-order chi connectivity index (χ0) is 64.1. The Kier molecular flexibility index (Phi) is 15.7. The zero-order valence-corrected chi connectivity index (χ0v) is 53.3. The molecule has 9 nitrogen and oxygen atoms in total. The molecule has 92 heavy (non-hydrogen) atoms. The van der Waals surface area contributed by atoms with E-state index in [9.17, 15) is 0 Å². The first kappa shape index (κ1) is 59.3. The van der Waals surface area contributed by atoms with E-state index in [1.54, 1.807) is 0 Å². The van der Waals surface area contributed by atoms with Crippen LogP contribution in [0.3, 0.4) is 0 Å². The smallest absolute Gasteiger partial charge is 0.212 e. The molecule has 0 saturated heterocycles. The van der Waals surface area contributed by atoms with E-state index in [2.05, 4.69) is 189 Å². The van der Waals surface area contributed by atoms with Gasteiger partial charge in [-0.05, 0) is 128 Å². The molecular formula is C83H67N6O3+3. The molecule has 15 aromatic rings. The number of benzene rings is 9. The molecule has 0 saturated carbocycles. The van der Waals surface area contributed by atoms with Crippen LogP contribution in [0.5, 0.6) is 0 Å². The van der Waals surface area contributed by atoms with E-state index >= 15 is 0 Å². The normalized spacial score (nSPS) is 11.2. The number of nitrogens with zero attached hydrogens (tertiary/aromatic N) is 6. The molecule has 0 spiro atoms. The van der Waals surface area contributed by atoms with Gasteiger partial charge in [0.1, 0.15) is 54.6 Å². The van der Waals surface area contributed by atoms with Crippen molar-refractivity contribution >= 4 is 82.9 Å². The van der Waals surface area contributed by atoms with Gasteiger partial charge in [-0.25, -0.2) is 28.2 Å². The fourth-order valence-electron chi connectivity index (χ4n) is 12.9. The average molecular weight is 1200 g/mol. The largest absolute Gasteiger partial charge is 0.457 e. The number of hydrogen-bond donors (Lipinski definition) is 0. The van der Waals surface area contributed by atoms with Crippen molar-refractivity contribution in [2.24, 2.45) is 21.1 Å². The van der Waals surface area contributed by atoms with Crippen molar-refractivity contribution < 1.29 is 27.0 Å². The molecular weight excluding hydrogens is 1130 g/mol. The standard InChI is InChI=1S/C29H25N2O.2C27H21N2O/c1-18(2)21-13-14-31(5)26(16-21)23-17-27-24(15-19(23)3)22-11-12-25(30-4)28(29(22)32-27)20-9-7-6-8-10-20;1-17-10-13-24(29(4)16-17)21-15-25-22(14-18(21)2)20-11-12-23(28-3)26(27(20)30-25)19-8-6-5-7-9-19;1-17-12-13-29(4)24(14-17)21-16-25-22(15-18(21)2)20-10-11-23(28-3)26(27(20)30-25)19-8-6-5-7-9-19/h6-18H,1-3,5H3;2*5-16H,1-2,4H3/q3*+1. The molecule has 444 valence electrons. The first-order valence-electron chi connectivity index (χ1n) is 30.8. The summed E-state index contributed by atoms with van der Waals surface area (Å²) in [7, 11) is 6.21. The van der Waals surface area contributed by atoms with Crippen LogP contribution >= 0.6 is 0 Å². The van der Waals surface area contributed by atoms with E-state index in [1.165, 1.54) is 39.1 Å². The van der Waals surface area contributed by atoms with Crippen LogP contribution in [0, 0.1) is 54.3 Å². The minimum absolute atomic E-state index is 0.464. The summed E-state index contributed by atoms with van der Waals surface area (Å²) in [6.07, 6.45) is 6.35. The Bertz CT molecular complexity index is 5560. The van der Waals surface area contributed by atoms with Crippen molar-refractivity contribution in [3.05, 3.63) is 286 Å². The summed E-state index contributed by atoms with van der Waals surface area (Å²) < 4.78 is 25.7. The number of aryl methyl sites for hydroxylation is 8. The summed E-state index contributed by atoms with van der Waals surface area (Å²) in [6, 6.07) is 67.9. The highest BCUT2D eigenvalue weighted by Gasteiger charge is 2.25. The second-order valence-corrected chi connectivity index (χ2v) is 24.3.